The topological polar surface area (TPSA) is 17.1 Å². The lowest BCUT2D eigenvalue weighted by molar-refractivity contribution is -0.129. The van der Waals surface area contributed by atoms with Gasteiger partial charge in [-0.05, 0) is 31.6 Å². The summed E-state index contributed by atoms with van der Waals surface area (Å²) in [6.45, 7) is 10.7. The number of Topliss-reactive ketones (excluding diaryl/α,β-unsaturated/α-hetero) is 1. The van der Waals surface area contributed by atoms with E-state index < -0.39 is 0 Å². The number of rotatable bonds is 2. The van der Waals surface area contributed by atoms with Crippen molar-refractivity contribution in [3.8, 4) is 0 Å². The maximum absolute atomic E-state index is 12.2. The number of hydrogen-bond acceptors (Lipinski definition) is 1. The third kappa shape index (κ3) is 3.19. The summed E-state index contributed by atoms with van der Waals surface area (Å²) >= 11 is 0. The molecule has 2 atom stereocenters. The molecule has 0 fully saturated rings. The van der Waals surface area contributed by atoms with Crippen molar-refractivity contribution in [2.75, 3.05) is 0 Å². The Morgan fingerprint density at radius 1 is 1.47 bits per heavy atom. The highest BCUT2D eigenvalue weighted by atomic mass is 16.1. The Labute approximate surface area is 93.9 Å². The van der Waals surface area contributed by atoms with E-state index in [2.05, 4.69) is 40.7 Å². The number of hydrogen-bond donors (Lipinski definition) is 0. The van der Waals surface area contributed by atoms with E-state index in [9.17, 15) is 4.79 Å². The van der Waals surface area contributed by atoms with Crippen LogP contribution in [0.4, 0.5) is 0 Å². The first-order chi connectivity index (χ1) is 6.82. The van der Waals surface area contributed by atoms with Gasteiger partial charge in [-0.25, -0.2) is 0 Å². The molecule has 1 heteroatoms. The van der Waals surface area contributed by atoms with Crippen LogP contribution in [-0.4, -0.2) is 5.78 Å². The average Bonchev–Trinajstić information content (AvgIpc) is 2.15. The van der Waals surface area contributed by atoms with Crippen molar-refractivity contribution in [3.63, 3.8) is 0 Å². The standard InChI is InChI=1S/C14H24O/c1-10-6-8-12(9-7-10)13(15)11(2)14(3,4)5/h6,11-12H,7-9H2,1-5H3. The minimum atomic E-state index is 0.104. The normalized spacial score (nSPS) is 24.6. The van der Waals surface area contributed by atoms with Crippen molar-refractivity contribution in [2.45, 2.75) is 53.9 Å². The van der Waals surface area contributed by atoms with Crippen LogP contribution in [0.25, 0.3) is 0 Å². The van der Waals surface area contributed by atoms with Gasteiger partial charge in [0.2, 0.25) is 0 Å². The molecule has 0 N–H and O–H groups in total. The molecule has 0 radical (unpaired) electrons. The van der Waals surface area contributed by atoms with E-state index in [1.54, 1.807) is 0 Å². The van der Waals surface area contributed by atoms with E-state index in [0.717, 1.165) is 19.3 Å². The zero-order chi connectivity index (χ0) is 11.6. The number of carbonyl (C=O) groups is 1. The summed E-state index contributed by atoms with van der Waals surface area (Å²) in [6, 6.07) is 0. The van der Waals surface area contributed by atoms with Crippen LogP contribution in [0, 0.1) is 17.3 Å². The van der Waals surface area contributed by atoms with Crippen LogP contribution in [0.5, 0.6) is 0 Å². The Morgan fingerprint density at radius 2 is 2.07 bits per heavy atom. The van der Waals surface area contributed by atoms with E-state index >= 15 is 0 Å². The largest absolute Gasteiger partial charge is 0.299 e. The fourth-order valence-electron chi connectivity index (χ4n) is 2.00. The molecule has 0 aromatic rings. The summed E-state index contributed by atoms with van der Waals surface area (Å²) in [7, 11) is 0. The molecule has 0 aromatic carbocycles. The summed E-state index contributed by atoms with van der Waals surface area (Å²) in [5.41, 5.74) is 1.55. The highest BCUT2D eigenvalue weighted by Gasteiger charge is 2.31. The van der Waals surface area contributed by atoms with E-state index in [-0.39, 0.29) is 17.3 Å². The molecular formula is C14H24O. The Hall–Kier alpha value is -0.590. The predicted molar refractivity (Wildman–Crippen MR) is 64.7 cm³/mol. The quantitative estimate of drug-likeness (QED) is 0.627. The second kappa shape index (κ2) is 4.51. The summed E-state index contributed by atoms with van der Waals surface area (Å²) in [5, 5.41) is 0. The lowest BCUT2D eigenvalue weighted by Gasteiger charge is -2.30. The Kier molecular flexibility index (Phi) is 3.75. The van der Waals surface area contributed by atoms with Crippen molar-refractivity contribution < 1.29 is 4.79 Å². The second-order valence-electron chi connectivity index (χ2n) is 6.01. The molecule has 1 aliphatic rings. The first-order valence-corrected chi connectivity index (χ1v) is 6.01. The van der Waals surface area contributed by atoms with Gasteiger partial charge in [0, 0.05) is 11.8 Å². The molecule has 0 spiro atoms. The predicted octanol–water partition coefficient (Wildman–Crippen LogP) is 3.98. The van der Waals surface area contributed by atoms with Crippen LogP contribution >= 0.6 is 0 Å². The summed E-state index contributed by atoms with van der Waals surface area (Å²) in [6.07, 6.45) is 5.36. The number of carbonyl (C=O) groups excluding carboxylic acids is 1. The monoisotopic (exact) mass is 208 g/mol. The second-order valence-corrected chi connectivity index (χ2v) is 6.01. The van der Waals surface area contributed by atoms with Crippen LogP contribution in [-0.2, 0) is 4.79 Å². The molecular weight excluding hydrogens is 184 g/mol. The zero-order valence-electron chi connectivity index (χ0n) is 10.8. The highest BCUT2D eigenvalue weighted by Crippen LogP contribution is 2.33. The lowest BCUT2D eigenvalue weighted by Crippen LogP contribution is -2.31. The van der Waals surface area contributed by atoms with E-state index in [4.69, 9.17) is 0 Å². The first-order valence-electron chi connectivity index (χ1n) is 6.01. The molecule has 0 aromatic heterocycles. The molecule has 0 amide bonds. The minimum Gasteiger partial charge on any atom is -0.299 e. The molecule has 86 valence electrons. The molecule has 1 rings (SSSR count). The molecule has 0 aliphatic heterocycles. The fourth-order valence-corrected chi connectivity index (χ4v) is 2.00. The number of allylic oxidation sites excluding steroid dienone is 2. The van der Waals surface area contributed by atoms with E-state index in [1.807, 2.05) is 0 Å². The molecule has 0 bridgehead atoms. The number of ketones is 1. The van der Waals surface area contributed by atoms with Gasteiger partial charge in [0.25, 0.3) is 0 Å². The smallest absolute Gasteiger partial charge is 0.139 e. The Balaban J connectivity index is 2.63. The molecule has 0 saturated carbocycles. The maximum atomic E-state index is 12.2. The molecule has 1 nitrogen and oxygen atoms in total. The third-order valence-corrected chi connectivity index (χ3v) is 3.77. The van der Waals surface area contributed by atoms with Gasteiger partial charge in [-0.2, -0.15) is 0 Å². The molecule has 2 unspecified atom stereocenters. The van der Waals surface area contributed by atoms with Crippen molar-refractivity contribution >= 4 is 5.78 Å². The molecule has 0 saturated heterocycles. The maximum Gasteiger partial charge on any atom is 0.139 e. The van der Waals surface area contributed by atoms with E-state index in [0.29, 0.717) is 5.78 Å². The average molecular weight is 208 g/mol. The molecule has 1 aliphatic carbocycles. The SMILES string of the molecule is CC1=CCC(C(=O)C(C)C(C)(C)C)CC1. The van der Waals surface area contributed by atoms with Gasteiger partial charge in [-0.15, -0.1) is 0 Å². The van der Waals surface area contributed by atoms with Crippen LogP contribution in [0.2, 0.25) is 0 Å². The van der Waals surface area contributed by atoms with Crippen molar-refractivity contribution in [1.82, 2.24) is 0 Å². The van der Waals surface area contributed by atoms with Gasteiger partial charge >= 0.3 is 0 Å². The fraction of sp³-hybridized carbons (Fsp3) is 0.786. The van der Waals surface area contributed by atoms with Gasteiger partial charge in [0.15, 0.2) is 0 Å². The van der Waals surface area contributed by atoms with Gasteiger partial charge in [0.05, 0.1) is 0 Å². The minimum absolute atomic E-state index is 0.104. The van der Waals surface area contributed by atoms with Crippen LogP contribution in [0.3, 0.4) is 0 Å². The van der Waals surface area contributed by atoms with Gasteiger partial charge in [0.1, 0.15) is 5.78 Å². The summed E-state index contributed by atoms with van der Waals surface area (Å²) < 4.78 is 0. The van der Waals surface area contributed by atoms with Crippen molar-refractivity contribution in [3.05, 3.63) is 11.6 Å². The van der Waals surface area contributed by atoms with Crippen LogP contribution < -0.4 is 0 Å². The van der Waals surface area contributed by atoms with Crippen LogP contribution in [0.15, 0.2) is 11.6 Å². The van der Waals surface area contributed by atoms with Crippen molar-refractivity contribution in [2.24, 2.45) is 17.3 Å². The van der Waals surface area contributed by atoms with Gasteiger partial charge < -0.3 is 0 Å². The molecule has 0 heterocycles. The Bertz CT molecular complexity index is 268. The summed E-state index contributed by atoms with van der Waals surface area (Å²) in [5.74, 6) is 0.920. The van der Waals surface area contributed by atoms with Crippen molar-refractivity contribution in [1.29, 1.82) is 0 Å². The van der Waals surface area contributed by atoms with Gasteiger partial charge in [-0.3, -0.25) is 4.79 Å². The zero-order valence-corrected chi connectivity index (χ0v) is 10.8. The Morgan fingerprint density at radius 3 is 2.47 bits per heavy atom. The van der Waals surface area contributed by atoms with Crippen LogP contribution in [0.1, 0.15) is 53.9 Å². The van der Waals surface area contributed by atoms with Gasteiger partial charge in [-0.1, -0.05) is 39.3 Å². The third-order valence-electron chi connectivity index (χ3n) is 3.77. The first kappa shape index (κ1) is 12.5. The lowest BCUT2D eigenvalue weighted by atomic mass is 9.73. The highest BCUT2D eigenvalue weighted by molar-refractivity contribution is 5.84. The van der Waals surface area contributed by atoms with E-state index in [1.165, 1.54) is 5.57 Å². The molecule has 15 heavy (non-hydrogen) atoms. The summed E-state index contributed by atoms with van der Waals surface area (Å²) in [4.78, 5) is 12.2.